The van der Waals surface area contributed by atoms with E-state index in [0.29, 0.717) is 0 Å². The lowest BCUT2D eigenvalue weighted by molar-refractivity contribution is 0.584. The average Bonchev–Trinajstić information content (AvgIpc) is 2.45. The molecule has 0 aliphatic carbocycles. The van der Waals surface area contributed by atoms with E-state index in [1.807, 2.05) is 26.2 Å². The summed E-state index contributed by atoms with van der Waals surface area (Å²) in [5, 5.41) is 3.34. The first kappa shape index (κ1) is 14.5. The van der Waals surface area contributed by atoms with Gasteiger partial charge in [0.15, 0.2) is 0 Å². The van der Waals surface area contributed by atoms with Crippen LogP contribution in [0.3, 0.4) is 0 Å². The van der Waals surface area contributed by atoms with Crippen LogP contribution in [0.4, 0.5) is 10.1 Å². The van der Waals surface area contributed by atoms with Crippen molar-refractivity contribution in [1.29, 1.82) is 0 Å². The quantitative estimate of drug-likeness (QED) is 0.895. The monoisotopic (exact) mass is 272 g/mol. The Hall–Kier alpha value is -1.87. The molecule has 0 fully saturated rings. The van der Waals surface area contributed by atoms with Crippen molar-refractivity contribution in [3.05, 3.63) is 65.5 Å². The Morgan fingerprint density at radius 1 is 1.15 bits per heavy atom. The number of nitrogens with one attached hydrogen (secondary N) is 1. The summed E-state index contributed by atoms with van der Waals surface area (Å²) in [5.41, 5.74) is 3.43. The average molecular weight is 272 g/mol. The van der Waals surface area contributed by atoms with E-state index in [9.17, 15) is 4.39 Å². The van der Waals surface area contributed by atoms with Gasteiger partial charge >= 0.3 is 0 Å². The van der Waals surface area contributed by atoms with Crippen molar-refractivity contribution in [3.63, 3.8) is 0 Å². The lowest BCUT2D eigenvalue weighted by Crippen LogP contribution is -2.31. The Kier molecular flexibility index (Phi) is 4.74. The van der Waals surface area contributed by atoms with Gasteiger partial charge in [-0.25, -0.2) is 4.39 Å². The number of halogens is 1. The molecule has 0 aliphatic heterocycles. The number of benzene rings is 2. The summed E-state index contributed by atoms with van der Waals surface area (Å²) in [6.07, 6.45) is 0. The summed E-state index contributed by atoms with van der Waals surface area (Å²) < 4.78 is 13.3. The van der Waals surface area contributed by atoms with Crippen LogP contribution < -0.4 is 10.2 Å². The molecule has 0 aromatic heterocycles. The molecule has 2 nitrogen and oxygen atoms in total. The fourth-order valence-electron chi connectivity index (χ4n) is 2.42. The molecule has 1 atom stereocenters. The SMILES string of the molecule is CNC(CN(C)c1cccc(F)c1)c1ccccc1C. The van der Waals surface area contributed by atoms with Crippen LogP contribution in [0.1, 0.15) is 17.2 Å². The van der Waals surface area contributed by atoms with Crippen molar-refractivity contribution in [2.75, 3.05) is 25.5 Å². The van der Waals surface area contributed by atoms with E-state index < -0.39 is 0 Å². The first-order chi connectivity index (χ1) is 9.61. The van der Waals surface area contributed by atoms with Crippen LogP contribution in [0.25, 0.3) is 0 Å². The Labute approximate surface area is 120 Å². The minimum absolute atomic E-state index is 0.203. The molecule has 0 amide bonds. The first-order valence-electron chi connectivity index (χ1n) is 6.81. The summed E-state index contributed by atoms with van der Waals surface area (Å²) in [4.78, 5) is 2.07. The number of aryl methyl sites for hydroxylation is 1. The second-order valence-corrected chi connectivity index (χ2v) is 5.06. The summed E-state index contributed by atoms with van der Waals surface area (Å²) in [7, 11) is 3.94. The fraction of sp³-hybridized carbons (Fsp3) is 0.294. The van der Waals surface area contributed by atoms with Crippen LogP contribution in [0.15, 0.2) is 48.5 Å². The van der Waals surface area contributed by atoms with Gasteiger partial charge in [-0.1, -0.05) is 30.3 Å². The highest BCUT2D eigenvalue weighted by molar-refractivity contribution is 5.46. The number of likely N-dealkylation sites (N-methyl/N-ethyl adjacent to an activating group) is 2. The molecule has 2 aromatic rings. The van der Waals surface area contributed by atoms with Crippen molar-refractivity contribution in [1.82, 2.24) is 5.32 Å². The summed E-state index contributed by atoms with van der Waals surface area (Å²) in [5.74, 6) is -0.203. The van der Waals surface area contributed by atoms with Crippen LogP contribution in [0.5, 0.6) is 0 Å². The molecule has 0 saturated heterocycles. The molecule has 0 spiro atoms. The van der Waals surface area contributed by atoms with E-state index in [0.717, 1.165) is 12.2 Å². The van der Waals surface area contributed by atoms with Gasteiger partial charge in [0.05, 0.1) is 0 Å². The van der Waals surface area contributed by atoms with Crippen molar-refractivity contribution in [2.45, 2.75) is 13.0 Å². The van der Waals surface area contributed by atoms with Gasteiger partial charge in [-0.15, -0.1) is 0 Å². The highest BCUT2D eigenvalue weighted by Crippen LogP contribution is 2.21. The third-order valence-electron chi connectivity index (χ3n) is 3.62. The van der Waals surface area contributed by atoms with Crippen LogP contribution in [-0.4, -0.2) is 20.6 Å². The molecule has 106 valence electrons. The number of nitrogens with zero attached hydrogens (tertiary/aromatic N) is 1. The second kappa shape index (κ2) is 6.53. The molecule has 1 unspecified atom stereocenters. The van der Waals surface area contributed by atoms with Gasteiger partial charge in [0.1, 0.15) is 5.82 Å². The predicted molar refractivity (Wildman–Crippen MR) is 82.6 cm³/mol. The molecule has 2 rings (SSSR count). The lowest BCUT2D eigenvalue weighted by atomic mass is 10.0. The predicted octanol–water partition coefficient (Wildman–Crippen LogP) is 3.53. The van der Waals surface area contributed by atoms with E-state index in [-0.39, 0.29) is 11.9 Å². The Bertz CT molecular complexity index is 568. The van der Waals surface area contributed by atoms with Gasteiger partial charge in [-0.2, -0.15) is 0 Å². The minimum Gasteiger partial charge on any atom is -0.373 e. The van der Waals surface area contributed by atoms with Gasteiger partial charge in [-0.05, 0) is 43.3 Å². The molecule has 2 aromatic carbocycles. The second-order valence-electron chi connectivity index (χ2n) is 5.06. The van der Waals surface area contributed by atoms with Crippen LogP contribution in [0.2, 0.25) is 0 Å². The molecule has 1 N–H and O–H groups in total. The Morgan fingerprint density at radius 3 is 2.55 bits per heavy atom. The van der Waals surface area contributed by atoms with E-state index in [4.69, 9.17) is 0 Å². The summed E-state index contributed by atoms with van der Waals surface area (Å²) >= 11 is 0. The zero-order valence-corrected chi connectivity index (χ0v) is 12.2. The number of anilines is 1. The lowest BCUT2D eigenvalue weighted by Gasteiger charge is -2.27. The van der Waals surface area contributed by atoms with Crippen LogP contribution in [-0.2, 0) is 0 Å². The summed E-state index contributed by atoms with van der Waals surface area (Å²) in [6, 6.07) is 15.2. The maximum atomic E-state index is 13.3. The molecule has 0 saturated carbocycles. The first-order valence-corrected chi connectivity index (χ1v) is 6.81. The largest absolute Gasteiger partial charge is 0.373 e. The highest BCUT2D eigenvalue weighted by Gasteiger charge is 2.14. The number of rotatable bonds is 5. The third-order valence-corrected chi connectivity index (χ3v) is 3.62. The smallest absolute Gasteiger partial charge is 0.125 e. The fourth-order valence-corrected chi connectivity index (χ4v) is 2.42. The molecule has 0 heterocycles. The molecular formula is C17H21FN2. The normalized spacial score (nSPS) is 12.2. The topological polar surface area (TPSA) is 15.3 Å². The van der Waals surface area contributed by atoms with E-state index in [2.05, 4.69) is 35.3 Å². The molecule has 0 aliphatic rings. The Morgan fingerprint density at radius 2 is 1.90 bits per heavy atom. The molecule has 0 bridgehead atoms. The minimum atomic E-state index is -0.203. The highest BCUT2D eigenvalue weighted by atomic mass is 19.1. The van der Waals surface area contributed by atoms with Gasteiger partial charge in [0.2, 0.25) is 0 Å². The van der Waals surface area contributed by atoms with Crippen molar-refractivity contribution in [2.24, 2.45) is 0 Å². The van der Waals surface area contributed by atoms with Gasteiger partial charge in [-0.3, -0.25) is 0 Å². The standard InChI is InChI=1S/C17H21FN2/c1-13-7-4-5-10-16(13)17(19-2)12-20(3)15-9-6-8-14(18)11-15/h4-11,17,19H,12H2,1-3H3. The Balaban J connectivity index is 2.16. The molecular weight excluding hydrogens is 251 g/mol. The van der Waals surface area contributed by atoms with E-state index in [1.165, 1.54) is 17.2 Å². The van der Waals surface area contributed by atoms with Crippen molar-refractivity contribution in [3.8, 4) is 0 Å². The maximum absolute atomic E-state index is 13.3. The van der Waals surface area contributed by atoms with Crippen molar-refractivity contribution >= 4 is 5.69 Å². The summed E-state index contributed by atoms with van der Waals surface area (Å²) in [6.45, 7) is 2.90. The van der Waals surface area contributed by atoms with Gasteiger partial charge < -0.3 is 10.2 Å². The van der Waals surface area contributed by atoms with Gasteiger partial charge in [0.25, 0.3) is 0 Å². The zero-order valence-electron chi connectivity index (χ0n) is 12.2. The maximum Gasteiger partial charge on any atom is 0.125 e. The van der Waals surface area contributed by atoms with E-state index >= 15 is 0 Å². The number of hydrogen-bond donors (Lipinski definition) is 1. The third kappa shape index (κ3) is 3.36. The zero-order chi connectivity index (χ0) is 14.5. The van der Waals surface area contributed by atoms with Crippen LogP contribution >= 0.6 is 0 Å². The van der Waals surface area contributed by atoms with Gasteiger partial charge in [0, 0.05) is 25.3 Å². The van der Waals surface area contributed by atoms with E-state index in [1.54, 1.807) is 12.1 Å². The van der Waals surface area contributed by atoms with Crippen molar-refractivity contribution < 1.29 is 4.39 Å². The molecule has 20 heavy (non-hydrogen) atoms. The molecule has 0 radical (unpaired) electrons. The van der Waals surface area contributed by atoms with Crippen LogP contribution in [0, 0.1) is 12.7 Å². The molecule has 3 heteroatoms. The number of hydrogen-bond acceptors (Lipinski definition) is 2.